The normalized spacial score (nSPS) is 18.6. The third kappa shape index (κ3) is 3.21. The van der Waals surface area contributed by atoms with Crippen molar-refractivity contribution in [3.8, 4) is 0 Å². The van der Waals surface area contributed by atoms with Crippen LogP contribution in [0.1, 0.15) is 24.1 Å². The summed E-state index contributed by atoms with van der Waals surface area (Å²) in [6, 6.07) is 2.49. The summed E-state index contributed by atoms with van der Waals surface area (Å²) in [6.07, 6.45) is 7.64. The molecule has 1 aliphatic carbocycles. The highest BCUT2D eigenvalue weighted by atomic mass is 16.4. The minimum Gasteiger partial charge on any atom is -0.432 e. The minimum absolute atomic E-state index is 0.0362. The molecule has 3 heterocycles. The van der Waals surface area contributed by atoms with Gasteiger partial charge in [-0.05, 0) is 31.2 Å². The van der Waals surface area contributed by atoms with Crippen molar-refractivity contribution in [2.45, 2.75) is 32.2 Å². The summed E-state index contributed by atoms with van der Waals surface area (Å²) >= 11 is 0. The average molecular weight is 329 g/mol. The number of oxazole rings is 1. The van der Waals surface area contributed by atoms with E-state index in [1.807, 2.05) is 0 Å². The van der Waals surface area contributed by atoms with Crippen molar-refractivity contribution in [3.05, 3.63) is 40.1 Å². The van der Waals surface area contributed by atoms with Gasteiger partial charge >= 0.3 is 0 Å². The van der Waals surface area contributed by atoms with Gasteiger partial charge in [0.25, 0.3) is 11.6 Å². The van der Waals surface area contributed by atoms with E-state index in [4.69, 9.17) is 4.42 Å². The monoisotopic (exact) mass is 329 g/mol. The van der Waals surface area contributed by atoms with Crippen LogP contribution in [0.3, 0.4) is 0 Å². The fourth-order valence-corrected chi connectivity index (χ4v) is 3.53. The molecule has 0 amide bonds. The molecule has 4 rings (SSSR count). The maximum absolute atomic E-state index is 12.2. The summed E-state index contributed by atoms with van der Waals surface area (Å²) in [5.41, 5.74) is 2.31. The largest absolute Gasteiger partial charge is 0.432 e. The molecule has 2 aromatic heterocycles. The number of hydrogen-bond donors (Lipinski definition) is 0. The van der Waals surface area contributed by atoms with Gasteiger partial charge in [-0.3, -0.25) is 9.69 Å². The molecular weight excluding hydrogens is 306 g/mol. The quantitative estimate of drug-likeness (QED) is 0.831. The SMILES string of the molecule is O=c1cc2c(nn1CCN1CCN(c3ncco3)CC1)CCCC2. The van der Waals surface area contributed by atoms with Crippen LogP contribution in [0.15, 0.2) is 27.7 Å². The highest BCUT2D eigenvalue weighted by Crippen LogP contribution is 2.17. The molecule has 1 fully saturated rings. The predicted molar refractivity (Wildman–Crippen MR) is 90.3 cm³/mol. The van der Waals surface area contributed by atoms with E-state index in [1.54, 1.807) is 23.2 Å². The van der Waals surface area contributed by atoms with Crippen molar-refractivity contribution in [2.75, 3.05) is 37.6 Å². The van der Waals surface area contributed by atoms with Gasteiger partial charge in [-0.25, -0.2) is 9.67 Å². The Morgan fingerprint density at radius 3 is 2.71 bits per heavy atom. The van der Waals surface area contributed by atoms with Gasteiger partial charge in [-0.15, -0.1) is 0 Å². The Morgan fingerprint density at radius 1 is 1.08 bits per heavy atom. The summed E-state index contributed by atoms with van der Waals surface area (Å²) in [4.78, 5) is 20.9. The van der Waals surface area contributed by atoms with Gasteiger partial charge in [0.05, 0.1) is 18.4 Å². The predicted octanol–water partition coefficient (Wildman–Crippen LogP) is 0.932. The molecule has 128 valence electrons. The van der Waals surface area contributed by atoms with Crippen molar-refractivity contribution in [2.24, 2.45) is 0 Å². The van der Waals surface area contributed by atoms with Gasteiger partial charge in [0, 0.05) is 38.8 Å². The van der Waals surface area contributed by atoms with Crippen LogP contribution in [0.25, 0.3) is 0 Å². The molecule has 1 saturated heterocycles. The Balaban J connectivity index is 1.34. The Bertz CT molecular complexity index is 732. The maximum atomic E-state index is 12.2. The van der Waals surface area contributed by atoms with E-state index < -0.39 is 0 Å². The van der Waals surface area contributed by atoms with Crippen molar-refractivity contribution in [1.82, 2.24) is 19.7 Å². The second-order valence-corrected chi connectivity index (χ2v) is 6.53. The first-order valence-corrected chi connectivity index (χ1v) is 8.76. The van der Waals surface area contributed by atoms with E-state index >= 15 is 0 Å². The first-order chi connectivity index (χ1) is 11.8. The van der Waals surface area contributed by atoms with Gasteiger partial charge in [0.1, 0.15) is 6.26 Å². The maximum Gasteiger partial charge on any atom is 0.297 e. The molecule has 7 heteroatoms. The second-order valence-electron chi connectivity index (χ2n) is 6.53. The topological polar surface area (TPSA) is 67.4 Å². The van der Waals surface area contributed by atoms with Crippen LogP contribution >= 0.6 is 0 Å². The van der Waals surface area contributed by atoms with Crippen LogP contribution in [0, 0.1) is 0 Å². The summed E-state index contributed by atoms with van der Waals surface area (Å²) in [5.74, 6) is 0. The molecule has 0 bridgehead atoms. The van der Waals surface area contributed by atoms with Crippen LogP contribution in [0.5, 0.6) is 0 Å². The molecular formula is C17H23N5O2. The molecule has 24 heavy (non-hydrogen) atoms. The fourth-order valence-electron chi connectivity index (χ4n) is 3.53. The zero-order valence-electron chi connectivity index (χ0n) is 13.9. The van der Waals surface area contributed by atoms with E-state index in [9.17, 15) is 4.79 Å². The number of anilines is 1. The molecule has 2 aromatic rings. The van der Waals surface area contributed by atoms with Gasteiger partial charge in [0.2, 0.25) is 0 Å². The first-order valence-electron chi connectivity index (χ1n) is 8.76. The number of nitrogens with zero attached hydrogens (tertiary/aromatic N) is 5. The van der Waals surface area contributed by atoms with Crippen LogP contribution in [-0.4, -0.2) is 52.4 Å². The first kappa shape index (κ1) is 15.4. The lowest BCUT2D eigenvalue weighted by Gasteiger charge is -2.33. The fraction of sp³-hybridized carbons (Fsp3) is 0.588. The molecule has 0 atom stereocenters. The van der Waals surface area contributed by atoms with E-state index in [1.165, 1.54) is 12.8 Å². The molecule has 0 N–H and O–H groups in total. The van der Waals surface area contributed by atoms with Crippen LogP contribution in [0.4, 0.5) is 6.01 Å². The van der Waals surface area contributed by atoms with Crippen LogP contribution in [0.2, 0.25) is 0 Å². The summed E-state index contributed by atoms with van der Waals surface area (Å²) in [7, 11) is 0. The van der Waals surface area contributed by atoms with Crippen molar-refractivity contribution >= 4 is 6.01 Å². The van der Waals surface area contributed by atoms with Crippen LogP contribution < -0.4 is 10.5 Å². The van der Waals surface area contributed by atoms with Gasteiger partial charge in [-0.2, -0.15) is 5.10 Å². The van der Waals surface area contributed by atoms with Gasteiger partial charge in [0.15, 0.2) is 0 Å². The molecule has 0 aromatic carbocycles. The third-order valence-electron chi connectivity index (χ3n) is 4.96. The Labute approximate surface area is 140 Å². The number of rotatable bonds is 4. The molecule has 0 spiro atoms. The van der Waals surface area contributed by atoms with E-state index in [2.05, 4.69) is 19.9 Å². The molecule has 0 unspecified atom stereocenters. The summed E-state index contributed by atoms with van der Waals surface area (Å²) < 4.78 is 6.99. The average Bonchev–Trinajstić information content (AvgIpc) is 3.15. The highest BCUT2D eigenvalue weighted by molar-refractivity contribution is 5.25. The molecule has 7 nitrogen and oxygen atoms in total. The third-order valence-corrected chi connectivity index (χ3v) is 4.96. The van der Waals surface area contributed by atoms with Crippen LogP contribution in [-0.2, 0) is 19.4 Å². The van der Waals surface area contributed by atoms with Crippen molar-refractivity contribution in [1.29, 1.82) is 0 Å². The summed E-state index contributed by atoms with van der Waals surface area (Å²) in [5, 5.41) is 4.59. The smallest absolute Gasteiger partial charge is 0.297 e. The zero-order chi connectivity index (χ0) is 16.4. The number of hydrogen-bond acceptors (Lipinski definition) is 6. The number of aromatic nitrogens is 3. The lowest BCUT2D eigenvalue weighted by atomic mass is 9.97. The van der Waals surface area contributed by atoms with E-state index in [-0.39, 0.29) is 5.56 Å². The Morgan fingerprint density at radius 2 is 1.92 bits per heavy atom. The van der Waals surface area contributed by atoms with Crippen molar-refractivity contribution < 1.29 is 4.42 Å². The number of aryl methyl sites for hydroxylation is 2. The zero-order valence-corrected chi connectivity index (χ0v) is 13.9. The summed E-state index contributed by atoms with van der Waals surface area (Å²) in [6.45, 7) is 5.19. The van der Waals surface area contributed by atoms with Crippen molar-refractivity contribution in [3.63, 3.8) is 0 Å². The van der Waals surface area contributed by atoms with E-state index in [0.29, 0.717) is 12.6 Å². The van der Waals surface area contributed by atoms with E-state index in [0.717, 1.165) is 56.8 Å². The Hall–Kier alpha value is -2.15. The number of piperazine rings is 1. The molecule has 0 saturated carbocycles. The van der Waals surface area contributed by atoms with Gasteiger partial charge in [-0.1, -0.05) is 0 Å². The minimum atomic E-state index is 0.0362. The Kier molecular flexibility index (Phi) is 4.34. The highest BCUT2D eigenvalue weighted by Gasteiger charge is 2.20. The number of fused-ring (bicyclic) bond motifs is 1. The van der Waals surface area contributed by atoms with Gasteiger partial charge < -0.3 is 9.32 Å². The molecule has 2 aliphatic rings. The lowest BCUT2D eigenvalue weighted by Crippen LogP contribution is -2.47. The molecule has 0 radical (unpaired) electrons. The standard InChI is InChI=1S/C17H23N5O2/c23-16-13-14-3-1-2-4-15(14)19-22(16)11-8-20-6-9-21(10-7-20)17-18-5-12-24-17/h5,12-13H,1-4,6-11H2. The second kappa shape index (κ2) is 6.76. The lowest BCUT2D eigenvalue weighted by molar-refractivity contribution is 0.238. The molecule has 1 aliphatic heterocycles.